The predicted octanol–water partition coefficient (Wildman–Crippen LogP) is 4.24. The van der Waals surface area contributed by atoms with Crippen molar-refractivity contribution in [2.24, 2.45) is 0 Å². The van der Waals surface area contributed by atoms with E-state index in [4.69, 9.17) is 11.6 Å². The van der Waals surface area contributed by atoms with Crippen molar-refractivity contribution in [2.45, 2.75) is 0 Å². The van der Waals surface area contributed by atoms with E-state index in [1.54, 1.807) is 24.4 Å². The fourth-order valence-electron chi connectivity index (χ4n) is 1.44. The molecule has 0 unspecified atom stereocenters. The van der Waals surface area contributed by atoms with E-state index >= 15 is 0 Å². The van der Waals surface area contributed by atoms with E-state index in [1.807, 2.05) is 24.3 Å². The molecule has 0 aliphatic rings. The van der Waals surface area contributed by atoms with Crippen molar-refractivity contribution >= 4 is 46.1 Å². The minimum absolute atomic E-state index is 0.0417. The van der Waals surface area contributed by atoms with E-state index in [1.165, 1.54) is 6.08 Å². The Morgan fingerprint density at radius 1 is 1.22 bits per heavy atom. The van der Waals surface area contributed by atoms with Gasteiger partial charge in [0.1, 0.15) is 5.15 Å². The predicted molar refractivity (Wildman–Crippen MR) is 81.8 cm³/mol. The number of ketones is 1. The molecule has 1 heterocycles. The largest absolute Gasteiger partial charge is 0.289 e. The van der Waals surface area contributed by atoms with E-state index in [-0.39, 0.29) is 5.78 Å². The Morgan fingerprint density at radius 3 is 2.72 bits per heavy atom. The van der Waals surface area contributed by atoms with Crippen LogP contribution < -0.4 is 0 Å². The number of carbonyl (C=O) groups is 1. The number of allylic oxidation sites excluding steroid dienone is 1. The third-order valence-electron chi connectivity index (χ3n) is 2.34. The summed E-state index contributed by atoms with van der Waals surface area (Å²) < 4.78 is 0.932. The number of aromatic nitrogens is 1. The molecular formula is C14H9ClINO. The van der Waals surface area contributed by atoms with Gasteiger partial charge in [0.05, 0.1) is 0 Å². The first kappa shape index (κ1) is 13.2. The summed E-state index contributed by atoms with van der Waals surface area (Å²) in [4.78, 5) is 15.9. The van der Waals surface area contributed by atoms with Crippen molar-refractivity contribution in [1.29, 1.82) is 0 Å². The topological polar surface area (TPSA) is 30.0 Å². The van der Waals surface area contributed by atoms with Crippen molar-refractivity contribution in [1.82, 2.24) is 4.98 Å². The number of rotatable bonds is 3. The zero-order chi connectivity index (χ0) is 13.0. The van der Waals surface area contributed by atoms with Crippen LogP contribution in [0.4, 0.5) is 0 Å². The third-order valence-corrected chi connectivity index (χ3v) is 3.60. The lowest BCUT2D eigenvalue weighted by Gasteiger charge is -1.99. The molecule has 0 fully saturated rings. The van der Waals surface area contributed by atoms with Crippen molar-refractivity contribution < 1.29 is 4.79 Å². The van der Waals surface area contributed by atoms with Crippen molar-refractivity contribution in [2.75, 3.05) is 0 Å². The number of halogens is 2. The minimum atomic E-state index is -0.0417. The molecule has 0 aliphatic carbocycles. The van der Waals surface area contributed by atoms with Gasteiger partial charge in [0, 0.05) is 20.9 Å². The molecule has 2 aromatic rings. The summed E-state index contributed by atoms with van der Waals surface area (Å²) in [6.07, 6.45) is 4.81. The molecule has 0 bridgehead atoms. The molecule has 0 N–H and O–H groups in total. The highest BCUT2D eigenvalue weighted by atomic mass is 127. The number of carbonyl (C=O) groups excluding carboxylic acids is 1. The summed E-state index contributed by atoms with van der Waals surface area (Å²) in [5.74, 6) is -0.0417. The van der Waals surface area contributed by atoms with Crippen LogP contribution in [0.25, 0.3) is 6.08 Å². The maximum atomic E-state index is 12.0. The summed E-state index contributed by atoms with van der Waals surface area (Å²) in [6, 6.07) is 11.1. The van der Waals surface area contributed by atoms with Gasteiger partial charge in [-0.05, 0) is 52.9 Å². The van der Waals surface area contributed by atoms with Crippen LogP contribution in [-0.4, -0.2) is 10.8 Å². The number of hydrogen-bond donors (Lipinski definition) is 0. The lowest BCUT2D eigenvalue weighted by molar-refractivity contribution is 0.104. The van der Waals surface area contributed by atoms with Crippen LogP contribution in [0.2, 0.25) is 5.15 Å². The first-order chi connectivity index (χ1) is 8.68. The zero-order valence-electron chi connectivity index (χ0n) is 9.31. The van der Waals surface area contributed by atoms with Crippen LogP contribution in [0.3, 0.4) is 0 Å². The quantitative estimate of drug-likeness (QED) is 0.351. The molecule has 0 atom stereocenters. The maximum absolute atomic E-state index is 12.0. The lowest BCUT2D eigenvalue weighted by atomic mass is 10.1. The molecule has 18 heavy (non-hydrogen) atoms. The first-order valence-corrected chi connectivity index (χ1v) is 6.71. The maximum Gasteiger partial charge on any atom is 0.186 e. The van der Waals surface area contributed by atoms with Gasteiger partial charge >= 0.3 is 0 Å². The van der Waals surface area contributed by atoms with Crippen LogP contribution >= 0.6 is 34.2 Å². The van der Waals surface area contributed by atoms with Crippen molar-refractivity contribution in [3.05, 3.63) is 68.5 Å². The SMILES string of the molecule is O=C(/C=C/c1cccnc1Cl)c1ccccc1I. The fourth-order valence-corrected chi connectivity index (χ4v) is 2.27. The number of nitrogens with zero attached hydrogens (tertiary/aromatic N) is 1. The Labute approximate surface area is 124 Å². The summed E-state index contributed by atoms with van der Waals surface area (Å²) in [5, 5.41) is 0.393. The van der Waals surface area contributed by atoms with E-state index < -0.39 is 0 Å². The molecule has 2 nitrogen and oxygen atoms in total. The minimum Gasteiger partial charge on any atom is -0.289 e. The van der Waals surface area contributed by atoms with Gasteiger partial charge in [0.2, 0.25) is 0 Å². The van der Waals surface area contributed by atoms with Crippen LogP contribution in [0.15, 0.2) is 48.7 Å². The molecular weight excluding hydrogens is 361 g/mol. The van der Waals surface area contributed by atoms with Crippen molar-refractivity contribution in [3.63, 3.8) is 0 Å². The molecule has 0 radical (unpaired) electrons. The second-order valence-corrected chi connectivity index (χ2v) is 5.08. The Balaban J connectivity index is 2.23. The Bertz CT molecular complexity index is 610. The van der Waals surface area contributed by atoms with E-state index in [0.717, 1.165) is 9.13 Å². The average molecular weight is 370 g/mol. The highest BCUT2D eigenvalue weighted by Crippen LogP contribution is 2.16. The Kier molecular flexibility index (Phi) is 4.49. The number of hydrogen-bond acceptors (Lipinski definition) is 2. The van der Waals surface area contributed by atoms with Crippen molar-refractivity contribution in [3.8, 4) is 0 Å². The highest BCUT2D eigenvalue weighted by molar-refractivity contribution is 14.1. The van der Waals surface area contributed by atoms with E-state index in [0.29, 0.717) is 10.7 Å². The molecule has 4 heteroatoms. The third kappa shape index (κ3) is 3.17. The smallest absolute Gasteiger partial charge is 0.186 e. The van der Waals surface area contributed by atoms with Gasteiger partial charge in [0.25, 0.3) is 0 Å². The van der Waals surface area contributed by atoms with Gasteiger partial charge in [-0.15, -0.1) is 0 Å². The summed E-state index contributed by atoms with van der Waals surface area (Å²) in [6.45, 7) is 0. The molecule has 1 aromatic carbocycles. The molecule has 0 spiro atoms. The average Bonchev–Trinajstić information content (AvgIpc) is 2.38. The monoisotopic (exact) mass is 369 g/mol. The van der Waals surface area contributed by atoms with Gasteiger partial charge < -0.3 is 0 Å². The van der Waals surface area contributed by atoms with E-state index in [9.17, 15) is 4.79 Å². The molecule has 90 valence electrons. The molecule has 0 aliphatic heterocycles. The normalized spacial score (nSPS) is 10.8. The Morgan fingerprint density at radius 2 is 2.00 bits per heavy atom. The second kappa shape index (κ2) is 6.11. The van der Waals surface area contributed by atoms with Gasteiger partial charge in [-0.1, -0.05) is 29.8 Å². The highest BCUT2D eigenvalue weighted by Gasteiger charge is 2.05. The molecule has 2 rings (SSSR count). The van der Waals surface area contributed by atoms with Crippen LogP contribution in [0.5, 0.6) is 0 Å². The summed E-state index contributed by atoms with van der Waals surface area (Å²) >= 11 is 8.05. The molecule has 0 amide bonds. The lowest BCUT2D eigenvalue weighted by Crippen LogP contribution is -1.97. The van der Waals surface area contributed by atoms with Gasteiger partial charge in [-0.3, -0.25) is 4.79 Å². The van der Waals surface area contributed by atoms with Gasteiger partial charge in [-0.25, -0.2) is 4.98 Å². The second-order valence-electron chi connectivity index (χ2n) is 3.56. The van der Waals surface area contributed by atoms with Crippen LogP contribution in [0.1, 0.15) is 15.9 Å². The number of pyridine rings is 1. The van der Waals surface area contributed by atoms with Crippen LogP contribution in [-0.2, 0) is 0 Å². The summed E-state index contributed by atoms with van der Waals surface area (Å²) in [5.41, 5.74) is 1.42. The summed E-state index contributed by atoms with van der Waals surface area (Å²) in [7, 11) is 0. The molecule has 1 aromatic heterocycles. The van der Waals surface area contributed by atoms with E-state index in [2.05, 4.69) is 27.6 Å². The van der Waals surface area contributed by atoms with Gasteiger partial charge in [0.15, 0.2) is 5.78 Å². The number of benzene rings is 1. The first-order valence-electron chi connectivity index (χ1n) is 5.26. The zero-order valence-corrected chi connectivity index (χ0v) is 12.2. The van der Waals surface area contributed by atoms with Crippen LogP contribution in [0, 0.1) is 3.57 Å². The standard InChI is InChI=1S/C14H9ClINO/c15-14-10(4-3-9-17-14)7-8-13(18)11-5-1-2-6-12(11)16/h1-9H/b8-7+. The Hall–Kier alpha value is -1.20. The fraction of sp³-hybridized carbons (Fsp3) is 0. The molecule has 0 saturated heterocycles. The molecule has 0 saturated carbocycles. The van der Waals surface area contributed by atoms with Gasteiger partial charge in [-0.2, -0.15) is 0 Å².